The van der Waals surface area contributed by atoms with Gasteiger partial charge in [0.15, 0.2) is 12.2 Å². The van der Waals surface area contributed by atoms with Crippen LogP contribution in [-0.4, -0.2) is 96.7 Å². The monoisotopic (exact) mass is 1240 g/mol. The Hall–Kier alpha value is -1.94. The standard InChI is InChI=1S/C65H126O17P2/c1-5-9-13-17-21-25-27-29-30-32-36-40-44-48-52-65(70)82-61(56-76-63(68)50-46-42-38-35-31-28-26-22-18-14-10-6-2)58-80-84(73,74)78-54-59(66)53-77-83(71,72)79-57-60(81-64(69)51-47-43-39-34-24-20-16-12-8-4)55-75-62(67)49-45-41-37-33-23-19-15-11-7-3/h59-61,66H,5-58H2,1-4H3,(H,71,72)(H,73,74)/t59-,60+,61+/m0/s1. The van der Waals surface area contributed by atoms with E-state index in [0.717, 1.165) is 89.9 Å². The highest BCUT2D eigenvalue weighted by molar-refractivity contribution is 7.47. The summed E-state index contributed by atoms with van der Waals surface area (Å²) in [6.07, 6.45) is 45.7. The van der Waals surface area contributed by atoms with Crippen LogP contribution < -0.4 is 0 Å². The first kappa shape index (κ1) is 82.1. The van der Waals surface area contributed by atoms with E-state index in [4.69, 9.17) is 37.0 Å². The lowest BCUT2D eigenvalue weighted by Gasteiger charge is -2.21. The molecule has 0 aliphatic heterocycles. The number of hydrogen-bond donors (Lipinski definition) is 3. The van der Waals surface area contributed by atoms with Crippen molar-refractivity contribution in [2.45, 2.75) is 354 Å². The van der Waals surface area contributed by atoms with Crippen molar-refractivity contribution in [3.63, 3.8) is 0 Å². The van der Waals surface area contributed by atoms with Crippen molar-refractivity contribution >= 4 is 39.5 Å². The van der Waals surface area contributed by atoms with Crippen LogP contribution in [0.15, 0.2) is 0 Å². The van der Waals surface area contributed by atoms with Crippen LogP contribution in [0.3, 0.4) is 0 Å². The van der Waals surface area contributed by atoms with E-state index >= 15 is 0 Å². The first-order chi connectivity index (χ1) is 40.7. The first-order valence-electron chi connectivity index (χ1n) is 34.3. The zero-order valence-corrected chi connectivity index (χ0v) is 55.7. The third-order valence-corrected chi connectivity index (χ3v) is 17.0. The molecule has 5 atom stereocenters. The minimum atomic E-state index is -4.94. The highest BCUT2D eigenvalue weighted by Crippen LogP contribution is 2.45. The first-order valence-corrected chi connectivity index (χ1v) is 37.3. The van der Waals surface area contributed by atoms with Crippen LogP contribution >= 0.6 is 15.6 Å². The normalized spacial score (nSPS) is 14.1. The highest BCUT2D eigenvalue weighted by Gasteiger charge is 2.30. The Morgan fingerprint density at radius 1 is 0.286 bits per heavy atom. The highest BCUT2D eigenvalue weighted by atomic mass is 31.2. The molecule has 19 heteroatoms. The molecule has 0 aliphatic rings. The summed E-state index contributed by atoms with van der Waals surface area (Å²) in [5.74, 6) is -2.13. The molecule has 0 aromatic carbocycles. The van der Waals surface area contributed by atoms with Crippen molar-refractivity contribution in [2.75, 3.05) is 39.6 Å². The molecule has 0 fully saturated rings. The molecule has 0 saturated heterocycles. The molecular formula is C65H126O17P2. The Balaban J connectivity index is 5.22. The molecule has 0 spiro atoms. The van der Waals surface area contributed by atoms with Crippen LogP contribution in [0.2, 0.25) is 0 Å². The maximum Gasteiger partial charge on any atom is 0.472 e. The molecular weight excluding hydrogens is 1110 g/mol. The predicted octanol–water partition coefficient (Wildman–Crippen LogP) is 18.3. The molecule has 498 valence electrons. The average Bonchev–Trinajstić information content (AvgIpc) is 3.54. The second-order valence-electron chi connectivity index (χ2n) is 23.5. The van der Waals surface area contributed by atoms with Gasteiger partial charge in [-0.25, -0.2) is 9.13 Å². The number of esters is 4. The van der Waals surface area contributed by atoms with Crippen LogP contribution in [0.1, 0.15) is 336 Å². The van der Waals surface area contributed by atoms with Crippen LogP contribution in [0.4, 0.5) is 0 Å². The third-order valence-electron chi connectivity index (χ3n) is 15.1. The third kappa shape index (κ3) is 59.0. The quantitative estimate of drug-likeness (QED) is 0.0222. The molecule has 0 bridgehead atoms. The molecule has 0 saturated carbocycles. The molecule has 3 N–H and O–H groups in total. The van der Waals surface area contributed by atoms with Crippen LogP contribution in [0.25, 0.3) is 0 Å². The number of rotatable bonds is 66. The molecule has 0 aromatic rings. The van der Waals surface area contributed by atoms with E-state index in [0.29, 0.717) is 25.7 Å². The Morgan fingerprint density at radius 3 is 0.702 bits per heavy atom. The van der Waals surface area contributed by atoms with Gasteiger partial charge in [-0.05, 0) is 25.7 Å². The van der Waals surface area contributed by atoms with Crippen LogP contribution in [-0.2, 0) is 65.4 Å². The van der Waals surface area contributed by atoms with Crippen molar-refractivity contribution in [1.82, 2.24) is 0 Å². The van der Waals surface area contributed by atoms with Gasteiger partial charge in [0.05, 0.1) is 26.4 Å². The molecule has 0 radical (unpaired) electrons. The van der Waals surface area contributed by atoms with E-state index in [9.17, 15) is 43.2 Å². The zero-order valence-electron chi connectivity index (χ0n) is 53.9. The molecule has 0 amide bonds. The summed E-state index contributed by atoms with van der Waals surface area (Å²) < 4.78 is 68.0. The summed E-state index contributed by atoms with van der Waals surface area (Å²) in [5.41, 5.74) is 0. The van der Waals surface area contributed by atoms with E-state index in [2.05, 4.69) is 27.7 Å². The number of hydrogen-bond acceptors (Lipinski definition) is 15. The van der Waals surface area contributed by atoms with E-state index in [1.54, 1.807) is 0 Å². The molecule has 84 heavy (non-hydrogen) atoms. The summed E-state index contributed by atoms with van der Waals surface area (Å²) in [7, 11) is -9.88. The van der Waals surface area contributed by atoms with Gasteiger partial charge in [0.25, 0.3) is 0 Å². The van der Waals surface area contributed by atoms with Crippen LogP contribution in [0, 0.1) is 0 Å². The van der Waals surface area contributed by atoms with E-state index in [1.165, 1.54) is 167 Å². The van der Waals surface area contributed by atoms with Gasteiger partial charge in [-0.3, -0.25) is 37.3 Å². The number of carbonyl (C=O) groups excluding carboxylic acids is 4. The molecule has 2 unspecified atom stereocenters. The smallest absolute Gasteiger partial charge is 0.462 e. The summed E-state index contributed by atoms with van der Waals surface area (Å²) in [6, 6.07) is 0. The fraction of sp³-hybridized carbons (Fsp3) is 0.938. The Bertz CT molecular complexity index is 1620. The topological polar surface area (TPSA) is 237 Å². The SMILES string of the molecule is CCCCCCCCCCCCCCCCC(=O)O[C@H](COC(=O)CCCCCCCCCCCCCC)COP(=O)(O)OC[C@@H](O)COP(=O)(O)OC[C@@H](COC(=O)CCCCCCCCCCC)OC(=O)CCCCCCCCCCC. The maximum atomic E-state index is 13.0. The number of ether oxygens (including phenoxy) is 4. The van der Waals surface area contributed by atoms with Crippen molar-refractivity contribution in [3.05, 3.63) is 0 Å². The summed E-state index contributed by atoms with van der Waals surface area (Å²) >= 11 is 0. The van der Waals surface area contributed by atoms with Gasteiger partial charge < -0.3 is 33.8 Å². The Kier molecular flexibility index (Phi) is 58.6. The van der Waals surface area contributed by atoms with Gasteiger partial charge in [-0.15, -0.1) is 0 Å². The molecule has 0 heterocycles. The lowest BCUT2D eigenvalue weighted by atomic mass is 10.0. The van der Waals surface area contributed by atoms with Gasteiger partial charge >= 0.3 is 39.5 Å². The number of phosphoric ester groups is 2. The molecule has 0 aliphatic carbocycles. The van der Waals surface area contributed by atoms with Gasteiger partial charge in [-0.2, -0.15) is 0 Å². The second-order valence-corrected chi connectivity index (χ2v) is 26.4. The summed E-state index contributed by atoms with van der Waals surface area (Å²) in [6.45, 7) is 4.88. The summed E-state index contributed by atoms with van der Waals surface area (Å²) in [5, 5.41) is 10.5. The van der Waals surface area contributed by atoms with Gasteiger partial charge in [0.2, 0.25) is 0 Å². The molecule has 0 aromatic heterocycles. The second kappa shape index (κ2) is 60.0. The van der Waals surface area contributed by atoms with Crippen LogP contribution in [0.5, 0.6) is 0 Å². The van der Waals surface area contributed by atoms with Crippen molar-refractivity contribution in [2.24, 2.45) is 0 Å². The minimum Gasteiger partial charge on any atom is -0.462 e. The van der Waals surface area contributed by atoms with Gasteiger partial charge in [-0.1, -0.05) is 285 Å². The van der Waals surface area contributed by atoms with Crippen molar-refractivity contribution < 1.29 is 80.2 Å². The molecule has 0 rings (SSSR count). The summed E-state index contributed by atoms with van der Waals surface area (Å²) in [4.78, 5) is 72.2. The van der Waals surface area contributed by atoms with Gasteiger partial charge in [0.1, 0.15) is 19.3 Å². The van der Waals surface area contributed by atoms with E-state index in [-0.39, 0.29) is 25.7 Å². The number of carbonyl (C=O) groups is 4. The minimum absolute atomic E-state index is 0.106. The fourth-order valence-electron chi connectivity index (χ4n) is 9.81. The van der Waals surface area contributed by atoms with E-state index in [1.807, 2.05) is 0 Å². The van der Waals surface area contributed by atoms with Crippen molar-refractivity contribution in [1.29, 1.82) is 0 Å². The fourth-order valence-corrected chi connectivity index (χ4v) is 11.4. The number of aliphatic hydroxyl groups excluding tert-OH is 1. The van der Waals surface area contributed by atoms with E-state index < -0.39 is 97.5 Å². The number of phosphoric acid groups is 2. The number of aliphatic hydroxyl groups is 1. The van der Waals surface area contributed by atoms with Gasteiger partial charge in [0, 0.05) is 25.7 Å². The lowest BCUT2D eigenvalue weighted by Crippen LogP contribution is -2.30. The Labute approximate surface area is 511 Å². The predicted molar refractivity (Wildman–Crippen MR) is 335 cm³/mol. The largest absolute Gasteiger partial charge is 0.472 e. The maximum absolute atomic E-state index is 13.0. The number of unbranched alkanes of at least 4 members (excludes halogenated alkanes) is 40. The molecule has 17 nitrogen and oxygen atoms in total. The zero-order chi connectivity index (χ0) is 61.9. The average molecular weight is 1240 g/mol. The lowest BCUT2D eigenvalue weighted by molar-refractivity contribution is -0.161. The van der Waals surface area contributed by atoms with Crippen molar-refractivity contribution in [3.8, 4) is 0 Å². The Morgan fingerprint density at radius 2 is 0.476 bits per heavy atom.